The van der Waals surface area contributed by atoms with Gasteiger partial charge in [-0.2, -0.15) is 5.10 Å². The normalized spacial score (nSPS) is 12.7. The Kier molecular flexibility index (Phi) is 7.70. The Morgan fingerprint density at radius 1 is 1.30 bits per heavy atom. The van der Waals surface area contributed by atoms with Crippen LogP contribution in [0.1, 0.15) is 36.4 Å². The number of nitrogens with zero attached hydrogens (tertiary/aromatic N) is 3. The first-order valence-electron chi connectivity index (χ1n) is 9.63. The molecule has 0 aliphatic carbocycles. The lowest BCUT2D eigenvalue weighted by atomic mass is 10.1. The predicted molar refractivity (Wildman–Crippen MR) is 112 cm³/mol. The largest absolute Gasteiger partial charge is 0.494 e. The van der Waals surface area contributed by atoms with Gasteiger partial charge in [0.1, 0.15) is 5.75 Å². The molecule has 0 amide bonds. The minimum atomic E-state index is 0.258. The van der Waals surface area contributed by atoms with Crippen LogP contribution in [0.4, 0.5) is 0 Å². The summed E-state index contributed by atoms with van der Waals surface area (Å²) in [6.07, 6.45) is 1.80. The van der Waals surface area contributed by atoms with Crippen molar-refractivity contribution in [3.05, 3.63) is 46.8 Å². The molecule has 2 rings (SSSR count). The van der Waals surface area contributed by atoms with Crippen molar-refractivity contribution in [2.75, 3.05) is 20.2 Å². The highest BCUT2D eigenvalue weighted by Crippen LogP contribution is 2.18. The Hall–Kier alpha value is -2.50. The SMILES string of the molecule is CCOc1ccccc1CCNC(=NC)NC(C)Cc1c(C)nn(C)c1C. The average molecular weight is 372 g/mol. The first-order chi connectivity index (χ1) is 13.0. The van der Waals surface area contributed by atoms with Crippen molar-refractivity contribution in [2.45, 2.75) is 46.6 Å². The molecular weight excluding hydrogens is 338 g/mol. The first kappa shape index (κ1) is 20.8. The summed E-state index contributed by atoms with van der Waals surface area (Å²) in [5.74, 6) is 1.77. The minimum absolute atomic E-state index is 0.258. The van der Waals surface area contributed by atoms with Crippen LogP contribution in [0.15, 0.2) is 29.3 Å². The molecule has 1 aromatic heterocycles. The molecule has 6 heteroatoms. The molecule has 0 aliphatic heterocycles. The number of hydrogen-bond acceptors (Lipinski definition) is 3. The Labute approximate surface area is 163 Å². The minimum Gasteiger partial charge on any atom is -0.494 e. The summed E-state index contributed by atoms with van der Waals surface area (Å²) in [7, 11) is 3.79. The number of para-hydroxylation sites is 1. The van der Waals surface area contributed by atoms with Crippen LogP contribution in [0.5, 0.6) is 5.75 Å². The Morgan fingerprint density at radius 3 is 2.67 bits per heavy atom. The summed E-state index contributed by atoms with van der Waals surface area (Å²) in [4.78, 5) is 4.35. The van der Waals surface area contributed by atoms with Crippen LogP contribution in [-0.4, -0.2) is 42.0 Å². The molecule has 0 spiro atoms. The van der Waals surface area contributed by atoms with E-state index in [4.69, 9.17) is 4.74 Å². The van der Waals surface area contributed by atoms with E-state index in [-0.39, 0.29) is 6.04 Å². The van der Waals surface area contributed by atoms with Crippen molar-refractivity contribution >= 4 is 5.96 Å². The van der Waals surface area contributed by atoms with Gasteiger partial charge in [-0.05, 0) is 57.7 Å². The van der Waals surface area contributed by atoms with Crippen molar-refractivity contribution in [1.29, 1.82) is 0 Å². The smallest absolute Gasteiger partial charge is 0.191 e. The molecule has 0 fully saturated rings. The fraction of sp³-hybridized carbons (Fsp3) is 0.524. The Bertz CT molecular complexity index is 766. The van der Waals surface area contributed by atoms with Gasteiger partial charge >= 0.3 is 0 Å². The molecule has 0 saturated heterocycles. The summed E-state index contributed by atoms with van der Waals surface area (Å²) in [5.41, 5.74) is 4.83. The van der Waals surface area contributed by atoms with Crippen LogP contribution in [0, 0.1) is 13.8 Å². The monoisotopic (exact) mass is 371 g/mol. The number of rotatable bonds is 8. The molecule has 0 bridgehead atoms. The van der Waals surface area contributed by atoms with Crippen LogP contribution >= 0.6 is 0 Å². The fourth-order valence-corrected chi connectivity index (χ4v) is 3.22. The number of aliphatic imine (C=N–C) groups is 1. The molecule has 0 saturated carbocycles. The highest BCUT2D eigenvalue weighted by Gasteiger charge is 2.14. The number of nitrogens with one attached hydrogen (secondary N) is 2. The molecule has 0 radical (unpaired) electrons. The molecule has 1 unspecified atom stereocenters. The van der Waals surface area contributed by atoms with E-state index in [1.165, 1.54) is 16.8 Å². The summed E-state index contributed by atoms with van der Waals surface area (Å²) >= 11 is 0. The van der Waals surface area contributed by atoms with E-state index in [2.05, 4.69) is 47.6 Å². The molecule has 2 N–H and O–H groups in total. The number of hydrogen-bond donors (Lipinski definition) is 2. The van der Waals surface area contributed by atoms with Crippen molar-refractivity contribution in [3.63, 3.8) is 0 Å². The molecule has 27 heavy (non-hydrogen) atoms. The van der Waals surface area contributed by atoms with Crippen LogP contribution in [0.3, 0.4) is 0 Å². The van der Waals surface area contributed by atoms with Crippen molar-refractivity contribution in [1.82, 2.24) is 20.4 Å². The van der Waals surface area contributed by atoms with E-state index in [9.17, 15) is 0 Å². The average Bonchev–Trinajstić information content (AvgIpc) is 2.88. The lowest BCUT2D eigenvalue weighted by Crippen LogP contribution is -2.43. The van der Waals surface area contributed by atoms with E-state index in [1.54, 1.807) is 7.05 Å². The van der Waals surface area contributed by atoms with Gasteiger partial charge in [0.2, 0.25) is 0 Å². The molecule has 1 atom stereocenters. The van der Waals surface area contributed by atoms with Gasteiger partial charge in [-0.15, -0.1) is 0 Å². The van der Waals surface area contributed by atoms with Crippen molar-refractivity contribution in [3.8, 4) is 5.75 Å². The highest BCUT2D eigenvalue weighted by atomic mass is 16.5. The maximum absolute atomic E-state index is 5.69. The van der Waals surface area contributed by atoms with Gasteiger partial charge in [0.15, 0.2) is 5.96 Å². The summed E-state index contributed by atoms with van der Waals surface area (Å²) < 4.78 is 7.64. The first-order valence-corrected chi connectivity index (χ1v) is 9.63. The fourth-order valence-electron chi connectivity index (χ4n) is 3.22. The molecule has 6 nitrogen and oxygen atoms in total. The van der Waals surface area contributed by atoms with Crippen LogP contribution in [0.25, 0.3) is 0 Å². The second kappa shape index (κ2) is 10.00. The van der Waals surface area contributed by atoms with Gasteiger partial charge in [-0.1, -0.05) is 18.2 Å². The second-order valence-corrected chi connectivity index (χ2v) is 6.81. The van der Waals surface area contributed by atoms with E-state index >= 15 is 0 Å². The number of guanidine groups is 1. The van der Waals surface area contributed by atoms with E-state index in [0.29, 0.717) is 6.61 Å². The summed E-state index contributed by atoms with van der Waals surface area (Å²) in [5, 5.41) is 11.4. The Balaban J connectivity index is 1.87. The standard InChI is InChI=1S/C21H33N5O/c1-7-27-20-11-9-8-10-18(20)12-13-23-21(22-5)24-15(2)14-19-16(3)25-26(6)17(19)4/h8-11,15H,7,12-14H2,1-6H3,(H2,22,23,24). The van der Waals surface area contributed by atoms with Crippen molar-refractivity contribution < 1.29 is 4.74 Å². The zero-order valence-electron chi connectivity index (χ0n) is 17.5. The number of aromatic nitrogens is 2. The van der Waals surface area contributed by atoms with E-state index in [1.807, 2.05) is 36.9 Å². The van der Waals surface area contributed by atoms with Crippen LogP contribution in [-0.2, 0) is 19.9 Å². The van der Waals surface area contributed by atoms with Gasteiger partial charge in [0.25, 0.3) is 0 Å². The zero-order valence-corrected chi connectivity index (χ0v) is 17.5. The van der Waals surface area contributed by atoms with Gasteiger partial charge in [-0.25, -0.2) is 0 Å². The quantitative estimate of drug-likeness (QED) is 0.553. The number of aryl methyl sites for hydroxylation is 2. The molecule has 1 aromatic carbocycles. The lowest BCUT2D eigenvalue weighted by Gasteiger charge is -2.18. The summed E-state index contributed by atoms with van der Waals surface area (Å²) in [6.45, 7) is 9.83. The van der Waals surface area contributed by atoms with Crippen LogP contribution in [0.2, 0.25) is 0 Å². The Morgan fingerprint density at radius 2 is 2.04 bits per heavy atom. The van der Waals surface area contributed by atoms with Gasteiger partial charge in [-0.3, -0.25) is 9.67 Å². The topological polar surface area (TPSA) is 63.5 Å². The van der Waals surface area contributed by atoms with Gasteiger partial charge in [0.05, 0.1) is 12.3 Å². The predicted octanol–water partition coefficient (Wildman–Crippen LogP) is 2.77. The van der Waals surface area contributed by atoms with Crippen LogP contribution < -0.4 is 15.4 Å². The number of benzene rings is 1. The molecule has 0 aliphatic rings. The third kappa shape index (κ3) is 5.74. The molecule has 148 valence electrons. The second-order valence-electron chi connectivity index (χ2n) is 6.81. The maximum atomic E-state index is 5.69. The van der Waals surface area contributed by atoms with Gasteiger partial charge < -0.3 is 15.4 Å². The lowest BCUT2D eigenvalue weighted by molar-refractivity contribution is 0.336. The number of ether oxygens (including phenoxy) is 1. The highest BCUT2D eigenvalue weighted by molar-refractivity contribution is 5.79. The zero-order chi connectivity index (χ0) is 19.8. The summed E-state index contributed by atoms with van der Waals surface area (Å²) in [6, 6.07) is 8.44. The van der Waals surface area contributed by atoms with Crippen molar-refractivity contribution in [2.24, 2.45) is 12.0 Å². The third-order valence-electron chi connectivity index (χ3n) is 4.74. The molecule has 2 aromatic rings. The van der Waals surface area contributed by atoms with Gasteiger partial charge in [0, 0.05) is 32.4 Å². The van der Waals surface area contributed by atoms with E-state index in [0.717, 1.165) is 36.8 Å². The molecular formula is C21H33N5O. The van der Waals surface area contributed by atoms with E-state index < -0.39 is 0 Å². The third-order valence-corrected chi connectivity index (χ3v) is 4.74. The molecule has 1 heterocycles. The maximum Gasteiger partial charge on any atom is 0.191 e.